The van der Waals surface area contributed by atoms with E-state index in [1.54, 1.807) is 0 Å². The molecule has 2 aliphatic rings. The predicted molar refractivity (Wildman–Crippen MR) is 81.1 cm³/mol. The van der Waals surface area contributed by atoms with Gasteiger partial charge in [0, 0.05) is 12.6 Å². The summed E-state index contributed by atoms with van der Waals surface area (Å²) in [6, 6.07) is 0.0360. The molecule has 2 saturated carbocycles. The highest BCUT2D eigenvalue weighted by Gasteiger charge is 2.39. The maximum absolute atomic E-state index is 12.0. The molecule has 2 unspecified atom stereocenters. The number of aliphatic carboxylic acids is 1. The van der Waals surface area contributed by atoms with Gasteiger partial charge in [0.2, 0.25) is 0 Å². The van der Waals surface area contributed by atoms with Crippen LogP contribution in [0.5, 0.6) is 0 Å². The molecule has 0 bridgehead atoms. The fraction of sp³-hybridized carbons (Fsp3) is 0.875. The van der Waals surface area contributed by atoms with Gasteiger partial charge in [0.1, 0.15) is 0 Å². The molecule has 5 nitrogen and oxygen atoms in total. The lowest BCUT2D eigenvalue weighted by atomic mass is 9.80. The first-order chi connectivity index (χ1) is 10.0. The molecular formula is C16H28N2O3. The van der Waals surface area contributed by atoms with Gasteiger partial charge in [-0.3, -0.25) is 4.79 Å². The Morgan fingerprint density at radius 1 is 1.14 bits per heavy atom. The summed E-state index contributed by atoms with van der Waals surface area (Å²) in [5.41, 5.74) is -0.767. The number of carbonyl (C=O) groups excluding carboxylic acids is 1. The summed E-state index contributed by atoms with van der Waals surface area (Å²) < 4.78 is 0. The highest BCUT2D eigenvalue weighted by molar-refractivity contribution is 5.78. The Morgan fingerprint density at radius 2 is 1.81 bits per heavy atom. The van der Waals surface area contributed by atoms with Gasteiger partial charge in [-0.2, -0.15) is 0 Å². The molecule has 0 spiro atoms. The summed E-state index contributed by atoms with van der Waals surface area (Å²) >= 11 is 0. The van der Waals surface area contributed by atoms with Crippen molar-refractivity contribution in [3.8, 4) is 0 Å². The average Bonchev–Trinajstić information content (AvgIpc) is 2.71. The van der Waals surface area contributed by atoms with Gasteiger partial charge in [-0.1, -0.05) is 32.6 Å². The molecule has 0 aromatic heterocycles. The second-order valence-corrected chi connectivity index (χ2v) is 6.94. The number of carboxylic acids is 1. The summed E-state index contributed by atoms with van der Waals surface area (Å²) in [5, 5.41) is 15.4. The molecule has 2 amide bonds. The van der Waals surface area contributed by atoms with Crippen LogP contribution in [0, 0.1) is 11.3 Å². The third-order valence-corrected chi connectivity index (χ3v) is 5.13. The summed E-state index contributed by atoms with van der Waals surface area (Å²) in [6.07, 6.45) is 8.63. The normalized spacial score (nSPS) is 28.6. The highest BCUT2D eigenvalue weighted by atomic mass is 16.4. The van der Waals surface area contributed by atoms with E-state index < -0.39 is 11.4 Å². The van der Waals surface area contributed by atoms with E-state index in [9.17, 15) is 14.7 Å². The van der Waals surface area contributed by atoms with Crippen molar-refractivity contribution in [3.05, 3.63) is 0 Å². The summed E-state index contributed by atoms with van der Waals surface area (Å²) in [6.45, 7) is 2.45. The van der Waals surface area contributed by atoms with Crippen molar-refractivity contribution in [2.75, 3.05) is 6.54 Å². The molecule has 0 radical (unpaired) electrons. The van der Waals surface area contributed by atoms with Crippen LogP contribution in [0.1, 0.15) is 64.7 Å². The van der Waals surface area contributed by atoms with Gasteiger partial charge in [0.05, 0.1) is 5.41 Å². The maximum Gasteiger partial charge on any atom is 0.315 e. The Kier molecular flexibility index (Phi) is 5.48. The largest absolute Gasteiger partial charge is 0.481 e. The lowest BCUT2D eigenvalue weighted by Crippen LogP contribution is -2.48. The number of urea groups is 1. The Morgan fingerprint density at radius 3 is 2.33 bits per heavy atom. The quantitative estimate of drug-likeness (QED) is 0.698. The first-order valence-corrected chi connectivity index (χ1v) is 8.30. The van der Waals surface area contributed by atoms with Crippen LogP contribution in [0.25, 0.3) is 0 Å². The topological polar surface area (TPSA) is 78.4 Å². The third kappa shape index (κ3) is 4.35. The van der Waals surface area contributed by atoms with Crippen molar-refractivity contribution in [2.45, 2.75) is 70.8 Å². The van der Waals surface area contributed by atoms with Crippen LogP contribution in [0.2, 0.25) is 0 Å². The van der Waals surface area contributed by atoms with Gasteiger partial charge < -0.3 is 15.7 Å². The molecule has 0 heterocycles. The minimum atomic E-state index is -0.767. The van der Waals surface area contributed by atoms with Crippen molar-refractivity contribution in [1.82, 2.24) is 10.6 Å². The average molecular weight is 296 g/mol. The van der Waals surface area contributed by atoms with Gasteiger partial charge in [-0.05, 0) is 38.0 Å². The standard InChI is InChI=1S/C16H28N2O3/c1-12-6-7-13(10-12)18-15(21)17-11-16(14(19)20)8-4-2-3-5-9-16/h12-13H,2-11H2,1H3,(H,19,20)(H2,17,18,21). The van der Waals surface area contributed by atoms with Crippen molar-refractivity contribution >= 4 is 12.0 Å². The van der Waals surface area contributed by atoms with Gasteiger partial charge in [-0.15, -0.1) is 0 Å². The van der Waals surface area contributed by atoms with Crippen molar-refractivity contribution in [1.29, 1.82) is 0 Å². The van der Waals surface area contributed by atoms with Gasteiger partial charge in [0.25, 0.3) is 0 Å². The smallest absolute Gasteiger partial charge is 0.315 e. The van der Waals surface area contributed by atoms with E-state index in [1.165, 1.54) is 0 Å². The van der Waals surface area contributed by atoms with E-state index in [1.807, 2.05) is 0 Å². The molecule has 0 aromatic rings. The molecule has 5 heteroatoms. The van der Waals surface area contributed by atoms with Crippen LogP contribution in [0.3, 0.4) is 0 Å². The highest BCUT2D eigenvalue weighted by Crippen LogP contribution is 2.34. The minimum Gasteiger partial charge on any atom is -0.481 e. The van der Waals surface area contributed by atoms with Gasteiger partial charge in [-0.25, -0.2) is 4.79 Å². The number of hydrogen-bond acceptors (Lipinski definition) is 2. The number of nitrogens with one attached hydrogen (secondary N) is 2. The zero-order chi connectivity index (χ0) is 15.3. The van der Waals surface area contributed by atoms with E-state index in [2.05, 4.69) is 17.6 Å². The van der Waals surface area contributed by atoms with Gasteiger partial charge in [0.15, 0.2) is 0 Å². The Hall–Kier alpha value is -1.26. The fourth-order valence-corrected chi connectivity index (χ4v) is 3.70. The van der Waals surface area contributed by atoms with Gasteiger partial charge >= 0.3 is 12.0 Å². The number of amides is 2. The van der Waals surface area contributed by atoms with E-state index in [4.69, 9.17) is 0 Å². The number of carbonyl (C=O) groups is 2. The molecule has 2 rings (SSSR count). The fourth-order valence-electron chi connectivity index (χ4n) is 3.70. The van der Waals surface area contributed by atoms with Crippen LogP contribution in [0.4, 0.5) is 4.79 Å². The molecule has 0 aliphatic heterocycles. The molecule has 120 valence electrons. The second kappa shape index (κ2) is 7.14. The van der Waals surface area contributed by atoms with E-state index in [-0.39, 0.29) is 18.6 Å². The Labute approximate surface area is 126 Å². The molecule has 3 N–H and O–H groups in total. The minimum absolute atomic E-state index is 0.209. The van der Waals surface area contributed by atoms with Crippen LogP contribution in [-0.2, 0) is 4.79 Å². The van der Waals surface area contributed by atoms with Crippen molar-refractivity contribution in [2.24, 2.45) is 11.3 Å². The van der Waals surface area contributed by atoms with Crippen LogP contribution in [-0.4, -0.2) is 29.7 Å². The molecular weight excluding hydrogens is 268 g/mol. The zero-order valence-electron chi connectivity index (χ0n) is 13.0. The lowest BCUT2D eigenvalue weighted by molar-refractivity contribution is -0.149. The maximum atomic E-state index is 12.0. The molecule has 0 saturated heterocycles. The van der Waals surface area contributed by atoms with Crippen LogP contribution >= 0.6 is 0 Å². The SMILES string of the molecule is CC1CCC(NC(=O)NCC2(C(=O)O)CCCCCC2)C1. The van der Waals surface area contributed by atoms with Crippen molar-refractivity contribution in [3.63, 3.8) is 0 Å². The molecule has 2 atom stereocenters. The zero-order valence-corrected chi connectivity index (χ0v) is 13.0. The molecule has 0 aromatic carbocycles. The summed E-state index contributed by atoms with van der Waals surface area (Å²) in [7, 11) is 0. The first kappa shape index (κ1) is 16.1. The summed E-state index contributed by atoms with van der Waals surface area (Å²) in [5.74, 6) is -0.0956. The summed E-state index contributed by atoms with van der Waals surface area (Å²) in [4.78, 5) is 23.6. The lowest BCUT2D eigenvalue weighted by Gasteiger charge is -2.28. The van der Waals surface area contributed by atoms with E-state index in [0.29, 0.717) is 18.8 Å². The van der Waals surface area contributed by atoms with Crippen LogP contribution < -0.4 is 10.6 Å². The number of rotatable bonds is 4. The monoisotopic (exact) mass is 296 g/mol. The van der Waals surface area contributed by atoms with E-state index >= 15 is 0 Å². The third-order valence-electron chi connectivity index (χ3n) is 5.13. The van der Waals surface area contributed by atoms with E-state index in [0.717, 1.165) is 44.9 Å². The first-order valence-electron chi connectivity index (χ1n) is 8.30. The molecule has 21 heavy (non-hydrogen) atoms. The number of carboxylic acid groups (broad SMARTS) is 1. The number of hydrogen-bond donors (Lipinski definition) is 3. The molecule has 2 aliphatic carbocycles. The predicted octanol–water partition coefficient (Wildman–Crippen LogP) is 2.90. The van der Waals surface area contributed by atoms with Crippen molar-refractivity contribution < 1.29 is 14.7 Å². The second-order valence-electron chi connectivity index (χ2n) is 6.94. The Balaban J connectivity index is 1.83. The molecule has 2 fully saturated rings. The Bertz CT molecular complexity index is 376. The van der Waals surface area contributed by atoms with Crippen LogP contribution in [0.15, 0.2) is 0 Å².